The van der Waals surface area contributed by atoms with E-state index in [-0.39, 0.29) is 12.1 Å². The summed E-state index contributed by atoms with van der Waals surface area (Å²) in [4.78, 5) is 16.0. The van der Waals surface area contributed by atoms with Gasteiger partial charge in [-0.2, -0.15) is 0 Å². The molecule has 1 amide bonds. The van der Waals surface area contributed by atoms with Gasteiger partial charge in [-0.1, -0.05) is 13.8 Å². The van der Waals surface area contributed by atoms with E-state index in [0.717, 1.165) is 12.2 Å². The van der Waals surface area contributed by atoms with Crippen LogP contribution < -0.4 is 10.6 Å². The van der Waals surface area contributed by atoms with Gasteiger partial charge >= 0.3 is 6.09 Å². The van der Waals surface area contributed by atoms with Crippen LogP contribution >= 0.6 is 0 Å². The van der Waals surface area contributed by atoms with Crippen molar-refractivity contribution in [2.75, 3.05) is 6.54 Å². The summed E-state index contributed by atoms with van der Waals surface area (Å²) in [6, 6.07) is 0.546. The third-order valence-electron chi connectivity index (χ3n) is 3.52. The summed E-state index contributed by atoms with van der Waals surface area (Å²) in [5, 5.41) is 6.35. The summed E-state index contributed by atoms with van der Waals surface area (Å²) >= 11 is 0. The highest BCUT2D eigenvalue weighted by molar-refractivity contribution is 5.67. The summed E-state index contributed by atoms with van der Waals surface area (Å²) in [5.41, 5.74) is 0.664. The van der Waals surface area contributed by atoms with Gasteiger partial charge < -0.3 is 19.9 Å². The Balaban J connectivity index is 2.52. The number of carbonyl (C=O) groups excluding carboxylic acids is 1. The zero-order valence-electron chi connectivity index (χ0n) is 15.5. The average molecular weight is 324 g/mol. The fourth-order valence-corrected chi connectivity index (χ4v) is 2.22. The summed E-state index contributed by atoms with van der Waals surface area (Å²) < 4.78 is 7.42. The van der Waals surface area contributed by atoms with Gasteiger partial charge in [0.05, 0.1) is 12.0 Å². The molecular formula is C17H32N4O2. The summed E-state index contributed by atoms with van der Waals surface area (Å²) in [6.45, 7) is 15.4. The third-order valence-corrected chi connectivity index (χ3v) is 3.52. The standard InChI is InChI=1S/C17H32N4O2/c1-12(2)15(10-20-16(22)23-17(5,6)7)19-9-14-8-18-11-21(14)13(3)4/h8,11-13,15,19H,9-10H2,1-7H3,(H,20,22). The molecule has 0 aromatic carbocycles. The number of alkyl carbamates (subject to hydrolysis) is 1. The number of hydrogen-bond acceptors (Lipinski definition) is 4. The Labute approximate surface area is 140 Å². The number of carbonyl (C=O) groups is 1. The number of amides is 1. The van der Waals surface area contributed by atoms with E-state index in [4.69, 9.17) is 4.74 Å². The van der Waals surface area contributed by atoms with E-state index < -0.39 is 5.60 Å². The Morgan fingerprint density at radius 2 is 1.96 bits per heavy atom. The number of aromatic nitrogens is 2. The fraction of sp³-hybridized carbons (Fsp3) is 0.765. The van der Waals surface area contributed by atoms with Crippen LogP contribution in [0.25, 0.3) is 0 Å². The number of ether oxygens (including phenoxy) is 1. The van der Waals surface area contributed by atoms with E-state index >= 15 is 0 Å². The van der Waals surface area contributed by atoms with E-state index in [1.54, 1.807) is 0 Å². The number of hydrogen-bond donors (Lipinski definition) is 2. The van der Waals surface area contributed by atoms with Crippen LogP contribution in [0, 0.1) is 5.92 Å². The summed E-state index contributed by atoms with van der Waals surface area (Å²) in [5.74, 6) is 0.389. The lowest BCUT2D eigenvalue weighted by molar-refractivity contribution is 0.0519. The van der Waals surface area contributed by atoms with E-state index in [1.165, 1.54) is 0 Å². The topological polar surface area (TPSA) is 68.2 Å². The molecule has 23 heavy (non-hydrogen) atoms. The molecule has 0 aliphatic rings. The quantitative estimate of drug-likeness (QED) is 0.808. The smallest absolute Gasteiger partial charge is 0.407 e. The molecule has 0 bridgehead atoms. The molecular weight excluding hydrogens is 292 g/mol. The molecule has 1 rings (SSSR count). The SMILES string of the molecule is CC(C)C(CNC(=O)OC(C)(C)C)NCc1cncn1C(C)C. The molecule has 1 atom stereocenters. The van der Waals surface area contributed by atoms with Crippen molar-refractivity contribution in [1.82, 2.24) is 20.2 Å². The Morgan fingerprint density at radius 1 is 1.30 bits per heavy atom. The number of rotatable bonds is 7. The molecule has 0 spiro atoms. The zero-order valence-corrected chi connectivity index (χ0v) is 15.5. The summed E-state index contributed by atoms with van der Waals surface area (Å²) in [7, 11) is 0. The van der Waals surface area contributed by atoms with E-state index in [2.05, 4.69) is 47.9 Å². The van der Waals surface area contributed by atoms with Gasteiger partial charge in [-0.3, -0.25) is 0 Å². The Kier molecular flexibility index (Phi) is 7.06. The zero-order chi connectivity index (χ0) is 17.6. The average Bonchev–Trinajstić information content (AvgIpc) is 2.84. The van der Waals surface area contributed by atoms with E-state index in [0.29, 0.717) is 18.5 Å². The molecule has 0 saturated carbocycles. The van der Waals surface area contributed by atoms with Gasteiger partial charge in [0.15, 0.2) is 0 Å². The van der Waals surface area contributed by atoms with Crippen LogP contribution in [0.2, 0.25) is 0 Å². The molecule has 2 N–H and O–H groups in total. The largest absolute Gasteiger partial charge is 0.444 e. The highest BCUT2D eigenvalue weighted by atomic mass is 16.6. The monoisotopic (exact) mass is 324 g/mol. The normalized spacial score (nSPS) is 13.4. The lowest BCUT2D eigenvalue weighted by atomic mass is 10.0. The number of nitrogens with zero attached hydrogens (tertiary/aromatic N) is 2. The maximum absolute atomic E-state index is 11.8. The molecule has 1 unspecified atom stereocenters. The van der Waals surface area contributed by atoms with Crippen molar-refractivity contribution in [3.8, 4) is 0 Å². The molecule has 1 heterocycles. The highest BCUT2D eigenvalue weighted by Gasteiger charge is 2.19. The second-order valence-corrected chi connectivity index (χ2v) is 7.50. The van der Waals surface area contributed by atoms with Crippen LogP contribution in [0.3, 0.4) is 0 Å². The van der Waals surface area contributed by atoms with E-state index in [9.17, 15) is 4.79 Å². The molecule has 1 aromatic heterocycles. The van der Waals surface area contributed by atoms with Gasteiger partial charge in [0.25, 0.3) is 0 Å². The van der Waals surface area contributed by atoms with E-state index in [1.807, 2.05) is 33.3 Å². The maximum atomic E-state index is 11.8. The lowest BCUT2D eigenvalue weighted by Crippen LogP contribution is -2.45. The fourth-order valence-electron chi connectivity index (χ4n) is 2.22. The van der Waals surface area contributed by atoms with Gasteiger partial charge in [0, 0.05) is 31.4 Å². The first kappa shape index (κ1) is 19.5. The van der Waals surface area contributed by atoms with Crippen molar-refractivity contribution in [3.05, 3.63) is 18.2 Å². The number of imidazole rings is 1. The predicted molar refractivity (Wildman–Crippen MR) is 92.3 cm³/mol. The van der Waals surface area contributed by atoms with Crippen LogP contribution in [0.15, 0.2) is 12.5 Å². The Bertz CT molecular complexity index is 489. The maximum Gasteiger partial charge on any atom is 0.407 e. The number of nitrogens with one attached hydrogen (secondary N) is 2. The first-order chi connectivity index (χ1) is 10.6. The van der Waals surface area contributed by atoms with Crippen LogP contribution in [0.5, 0.6) is 0 Å². The van der Waals surface area contributed by atoms with Crippen molar-refractivity contribution in [1.29, 1.82) is 0 Å². The minimum atomic E-state index is -0.478. The van der Waals surface area contributed by atoms with Crippen LogP contribution in [-0.4, -0.2) is 33.8 Å². The van der Waals surface area contributed by atoms with Crippen molar-refractivity contribution in [2.24, 2.45) is 5.92 Å². The second-order valence-electron chi connectivity index (χ2n) is 7.50. The van der Waals surface area contributed by atoms with Crippen molar-refractivity contribution >= 4 is 6.09 Å². The van der Waals surface area contributed by atoms with Crippen LogP contribution in [0.1, 0.15) is 60.2 Å². The van der Waals surface area contributed by atoms with Gasteiger partial charge in [0.1, 0.15) is 5.60 Å². The molecule has 132 valence electrons. The molecule has 1 aromatic rings. The minimum Gasteiger partial charge on any atom is -0.444 e. The molecule has 0 aliphatic carbocycles. The van der Waals surface area contributed by atoms with Gasteiger partial charge in [-0.05, 0) is 40.5 Å². The lowest BCUT2D eigenvalue weighted by Gasteiger charge is -2.25. The summed E-state index contributed by atoms with van der Waals surface area (Å²) in [6.07, 6.45) is 3.36. The molecule has 0 radical (unpaired) electrons. The van der Waals surface area contributed by atoms with Crippen molar-refractivity contribution in [3.63, 3.8) is 0 Å². The highest BCUT2D eigenvalue weighted by Crippen LogP contribution is 2.10. The van der Waals surface area contributed by atoms with Crippen LogP contribution in [0.4, 0.5) is 4.79 Å². The molecule has 0 fully saturated rings. The molecule has 0 aliphatic heterocycles. The molecule has 0 saturated heterocycles. The molecule has 6 heteroatoms. The van der Waals surface area contributed by atoms with Gasteiger partial charge in [0.2, 0.25) is 0 Å². The van der Waals surface area contributed by atoms with Gasteiger partial charge in [-0.25, -0.2) is 9.78 Å². The Hall–Kier alpha value is -1.56. The van der Waals surface area contributed by atoms with Crippen molar-refractivity contribution in [2.45, 2.75) is 72.7 Å². The van der Waals surface area contributed by atoms with Crippen molar-refractivity contribution < 1.29 is 9.53 Å². The minimum absolute atomic E-state index is 0.165. The first-order valence-corrected chi connectivity index (χ1v) is 8.31. The third kappa shape index (κ3) is 7.03. The Morgan fingerprint density at radius 3 is 2.48 bits per heavy atom. The van der Waals surface area contributed by atoms with Gasteiger partial charge in [-0.15, -0.1) is 0 Å². The first-order valence-electron chi connectivity index (χ1n) is 8.31. The second kappa shape index (κ2) is 8.34. The predicted octanol–water partition coefficient (Wildman–Crippen LogP) is 3.10. The molecule has 6 nitrogen and oxygen atoms in total. The van der Waals surface area contributed by atoms with Crippen LogP contribution in [-0.2, 0) is 11.3 Å².